The number of benzene rings is 1. The van der Waals surface area contributed by atoms with Gasteiger partial charge in [-0.1, -0.05) is 52.3 Å². The molecule has 0 fully saturated rings. The lowest BCUT2D eigenvalue weighted by Gasteiger charge is -2.39. The highest BCUT2D eigenvalue weighted by atomic mass is 16.5. The van der Waals surface area contributed by atoms with Gasteiger partial charge in [-0.25, -0.2) is 4.79 Å². The van der Waals surface area contributed by atoms with E-state index in [4.69, 9.17) is 10.5 Å². The number of carbonyl (C=O) groups excluding carboxylic acids is 3. The minimum Gasteiger partial charge on any atom is -0.453 e. The molecule has 9 heteroatoms. The Balaban J connectivity index is 2.03. The summed E-state index contributed by atoms with van der Waals surface area (Å²) >= 11 is 0. The molecule has 0 bridgehead atoms. The summed E-state index contributed by atoms with van der Waals surface area (Å²) < 4.78 is 4.88. The lowest BCUT2D eigenvalue weighted by atomic mass is 9.79. The van der Waals surface area contributed by atoms with Crippen LogP contribution in [0.25, 0.3) is 0 Å². The summed E-state index contributed by atoms with van der Waals surface area (Å²) in [6, 6.07) is 6.96. The van der Waals surface area contributed by atoms with E-state index in [1.165, 1.54) is 12.0 Å². The molecule has 1 aromatic carbocycles. The Labute approximate surface area is 221 Å². The molecule has 0 saturated carbocycles. The number of aliphatic hydroxyl groups is 1. The first kappa shape index (κ1) is 30.6. The third-order valence-corrected chi connectivity index (χ3v) is 7.23. The van der Waals surface area contributed by atoms with Gasteiger partial charge in [-0.15, -0.1) is 0 Å². The predicted octanol–water partition coefficient (Wildman–Crippen LogP) is 3.08. The van der Waals surface area contributed by atoms with E-state index < -0.39 is 23.7 Å². The molecular formula is C28H46N4O5. The second kappa shape index (κ2) is 13.8. The molecular weight excluding hydrogens is 472 g/mol. The SMILES string of the molecule is CCCCNC(=O)[C@H](C)C[C@H](O)[C@@H](N)CC(C)(C)CC(=O)N1C[C@H](N(C)C(=O)OC)Cc2ccccc21. The Bertz CT molecular complexity index is 922. The summed E-state index contributed by atoms with van der Waals surface area (Å²) in [4.78, 5) is 41.3. The molecule has 1 aromatic rings. The molecule has 0 radical (unpaired) electrons. The third kappa shape index (κ3) is 8.71. The highest BCUT2D eigenvalue weighted by molar-refractivity contribution is 5.95. The zero-order valence-electron chi connectivity index (χ0n) is 23.3. The van der Waals surface area contributed by atoms with Crippen LogP contribution in [0.4, 0.5) is 10.5 Å². The van der Waals surface area contributed by atoms with Crippen LogP contribution in [-0.4, -0.2) is 73.3 Å². The second-order valence-corrected chi connectivity index (χ2v) is 11.1. The van der Waals surface area contributed by atoms with E-state index in [2.05, 4.69) is 12.2 Å². The maximum Gasteiger partial charge on any atom is 0.409 e. The van der Waals surface area contributed by atoms with Crippen molar-refractivity contribution >= 4 is 23.6 Å². The van der Waals surface area contributed by atoms with E-state index >= 15 is 0 Å². The van der Waals surface area contributed by atoms with Crippen molar-refractivity contribution < 1.29 is 24.2 Å². The summed E-state index contributed by atoms with van der Waals surface area (Å²) in [7, 11) is 3.03. The van der Waals surface area contributed by atoms with Gasteiger partial charge in [0.15, 0.2) is 0 Å². The second-order valence-electron chi connectivity index (χ2n) is 11.1. The maximum absolute atomic E-state index is 13.6. The summed E-state index contributed by atoms with van der Waals surface area (Å²) in [5.41, 5.74) is 7.72. The third-order valence-electron chi connectivity index (χ3n) is 7.23. The molecule has 37 heavy (non-hydrogen) atoms. The summed E-state index contributed by atoms with van der Waals surface area (Å²) in [5.74, 6) is -0.494. The van der Waals surface area contributed by atoms with E-state index in [0.717, 1.165) is 24.1 Å². The van der Waals surface area contributed by atoms with Crippen LogP contribution in [0, 0.1) is 11.3 Å². The van der Waals surface area contributed by atoms with Crippen LogP contribution < -0.4 is 16.0 Å². The number of nitrogens with zero attached hydrogens (tertiary/aromatic N) is 2. The van der Waals surface area contributed by atoms with Gasteiger partial charge in [0.1, 0.15) is 0 Å². The van der Waals surface area contributed by atoms with Crippen LogP contribution in [-0.2, 0) is 20.7 Å². The van der Waals surface area contributed by atoms with Gasteiger partial charge in [0.05, 0.1) is 19.3 Å². The first-order chi connectivity index (χ1) is 17.4. The van der Waals surface area contributed by atoms with E-state index in [-0.39, 0.29) is 36.6 Å². The van der Waals surface area contributed by atoms with Gasteiger partial charge >= 0.3 is 6.09 Å². The topological polar surface area (TPSA) is 125 Å². The normalized spacial score (nSPS) is 17.8. The van der Waals surface area contributed by atoms with E-state index in [0.29, 0.717) is 25.9 Å². The molecule has 3 amide bonds. The van der Waals surface area contributed by atoms with Crippen LogP contribution >= 0.6 is 0 Å². The van der Waals surface area contributed by atoms with Crippen molar-refractivity contribution in [2.75, 3.05) is 32.1 Å². The maximum atomic E-state index is 13.6. The molecule has 9 nitrogen and oxygen atoms in total. The lowest BCUT2D eigenvalue weighted by Crippen LogP contribution is -2.51. The molecule has 2 rings (SSSR count). The molecule has 208 valence electrons. The molecule has 0 aromatic heterocycles. The van der Waals surface area contributed by atoms with Crippen molar-refractivity contribution in [2.24, 2.45) is 17.1 Å². The molecule has 1 aliphatic heterocycles. The molecule has 1 heterocycles. The Hall–Kier alpha value is -2.65. The summed E-state index contributed by atoms with van der Waals surface area (Å²) in [6.07, 6.45) is 2.18. The first-order valence-corrected chi connectivity index (χ1v) is 13.3. The number of nitrogens with two attached hydrogens (primary N) is 1. The predicted molar refractivity (Wildman–Crippen MR) is 145 cm³/mol. The van der Waals surface area contributed by atoms with Gasteiger partial charge in [0.2, 0.25) is 11.8 Å². The first-order valence-electron chi connectivity index (χ1n) is 13.3. The fourth-order valence-corrected chi connectivity index (χ4v) is 4.92. The van der Waals surface area contributed by atoms with Crippen molar-refractivity contribution in [3.63, 3.8) is 0 Å². The molecule has 0 spiro atoms. The number of ether oxygens (including phenoxy) is 1. The van der Waals surface area contributed by atoms with E-state index in [1.54, 1.807) is 18.9 Å². The quantitative estimate of drug-likeness (QED) is 0.365. The highest BCUT2D eigenvalue weighted by Gasteiger charge is 2.36. The smallest absolute Gasteiger partial charge is 0.409 e. The number of fused-ring (bicyclic) bond motifs is 1. The summed E-state index contributed by atoms with van der Waals surface area (Å²) in [5, 5.41) is 13.6. The van der Waals surface area contributed by atoms with Crippen LogP contribution in [0.1, 0.15) is 65.4 Å². The van der Waals surface area contributed by atoms with Crippen LogP contribution in [0.2, 0.25) is 0 Å². The van der Waals surface area contributed by atoms with Crippen LogP contribution in [0.3, 0.4) is 0 Å². The number of hydrogen-bond donors (Lipinski definition) is 3. The molecule has 4 atom stereocenters. The standard InChI is InChI=1S/C28H46N4O5/c1-7-8-13-30-26(35)19(2)14-24(33)22(29)16-28(3,4)17-25(34)32-18-21(31(5)27(36)37-6)15-20-11-9-10-12-23(20)32/h9-12,19,21-22,24,33H,7-8,13-18,29H2,1-6H3,(H,30,35)/t19-,21-,22+,24+/m1/s1. The van der Waals surface area contributed by atoms with Crippen LogP contribution in [0.5, 0.6) is 0 Å². The zero-order chi connectivity index (χ0) is 27.8. The van der Waals surface area contributed by atoms with Crippen molar-refractivity contribution in [3.05, 3.63) is 29.8 Å². The van der Waals surface area contributed by atoms with E-state index in [1.807, 2.05) is 38.1 Å². The number of anilines is 1. The largest absolute Gasteiger partial charge is 0.453 e. The molecule has 0 unspecified atom stereocenters. The van der Waals surface area contributed by atoms with E-state index in [9.17, 15) is 19.5 Å². The van der Waals surface area contributed by atoms with Crippen molar-refractivity contribution in [1.29, 1.82) is 0 Å². The number of hydrogen-bond acceptors (Lipinski definition) is 6. The lowest BCUT2D eigenvalue weighted by molar-refractivity contribution is -0.125. The summed E-state index contributed by atoms with van der Waals surface area (Å²) in [6.45, 7) is 8.79. The molecule has 0 saturated heterocycles. The molecule has 4 N–H and O–H groups in total. The van der Waals surface area contributed by atoms with Crippen molar-refractivity contribution in [1.82, 2.24) is 10.2 Å². The minimum atomic E-state index is -0.852. The molecule has 1 aliphatic rings. The molecule has 0 aliphatic carbocycles. The Morgan fingerprint density at radius 2 is 1.97 bits per heavy atom. The Morgan fingerprint density at radius 1 is 1.30 bits per heavy atom. The van der Waals surface area contributed by atoms with Gasteiger partial charge in [-0.3, -0.25) is 9.59 Å². The highest BCUT2D eigenvalue weighted by Crippen LogP contribution is 2.34. The van der Waals surface area contributed by atoms with Crippen LogP contribution in [0.15, 0.2) is 24.3 Å². The number of para-hydroxylation sites is 1. The average Bonchev–Trinajstić information content (AvgIpc) is 2.86. The van der Waals surface area contributed by atoms with Gasteiger partial charge < -0.3 is 30.7 Å². The number of rotatable bonds is 12. The van der Waals surface area contributed by atoms with Gasteiger partial charge in [-0.2, -0.15) is 0 Å². The number of aliphatic hydroxyl groups excluding tert-OH is 1. The Kier molecular flexibility index (Phi) is 11.4. The minimum absolute atomic E-state index is 0.0641. The number of nitrogens with one attached hydrogen (secondary N) is 1. The number of carbonyl (C=O) groups is 3. The number of amides is 3. The fourth-order valence-electron chi connectivity index (χ4n) is 4.92. The van der Waals surface area contributed by atoms with Crippen molar-refractivity contribution in [3.8, 4) is 0 Å². The number of likely N-dealkylation sites (N-methyl/N-ethyl adjacent to an activating group) is 1. The Morgan fingerprint density at radius 3 is 2.62 bits per heavy atom. The number of unbranched alkanes of at least 4 members (excludes halogenated alkanes) is 1. The monoisotopic (exact) mass is 518 g/mol. The fraction of sp³-hybridized carbons (Fsp3) is 0.679. The number of methoxy groups -OCH3 is 1. The van der Waals surface area contributed by atoms with Gasteiger partial charge in [-0.05, 0) is 42.7 Å². The van der Waals surface area contributed by atoms with Crippen molar-refractivity contribution in [2.45, 2.75) is 84.4 Å². The van der Waals surface area contributed by atoms with Gasteiger partial charge in [0.25, 0.3) is 0 Å². The van der Waals surface area contributed by atoms with Gasteiger partial charge in [0, 0.05) is 44.2 Å². The zero-order valence-corrected chi connectivity index (χ0v) is 23.3. The average molecular weight is 519 g/mol.